The lowest BCUT2D eigenvalue weighted by Crippen LogP contribution is -2.49. The Balaban J connectivity index is 1.81. The highest BCUT2D eigenvalue weighted by Crippen LogP contribution is 2.33. The first kappa shape index (κ1) is 14.5. The van der Waals surface area contributed by atoms with E-state index in [0.29, 0.717) is 6.04 Å². The normalized spacial score (nSPS) is 17.4. The summed E-state index contributed by atoms with van der Waals surface area (Å²) in [6.45, 7) is 0.0702. The lowest BCUT2D eigenvalue weighted by Gasteiger charge is -2.33. The molecule has 1 aliphatic rings. The molecular formula is C16H19N3OS. The van der Waals surface area contributed by atoms with Gasteiger partial charge in [0.15, 0.2) is 0 Å². The van der Waals surface area contributed by atoms with Crippen LogP contribution in [0.1, 0.15) is 18.4 Å². The summed E-state index contributed by atoms with van der Waals surface area (Å²) in [6.07, 6.45) is 7.49. The summed E-state index contributed by atoms with van der Waals surface area (Å²) in [5.74, 6) is 0.725. The van der Waals surface area contributed by atoms with E-state index in [1.165, 1.54) is 12.8 Å². The van der Waals surface area contributed by atoms with Crippen molar-refractivity contribution in [2.24, 2.45) is 0 Å². The molecule has 1 unspecified atom stereocenters. The Hall–Kier alpha value is -1.43. The van der Waals surface area contributed by atoms with Gasteiger partial charge in [0, 0.05) is 24.2 Å². The molecule has 1 aromatic heterocycles. The standard InChI is InChI=1S/C16H19N3OS/c20-11-16(19-14-6-7-14,13-4-2-1-3-5-13)12-21-15-10-17-8-9-18-15/h1-5,8-10,14,19-20H,6-7,11-12H2. The number of aliphatic hydroxyl groups is 1. The molecule has 1 saturated carbocycles. The maximum atomic E-state index is 10.1. The van der Waals surface area contributed by atoms with E-state index in [2.05, 4.69) is 27.4 Å². The van der Waals surface area contributed by atoms with Gasteiger partial charge in [0.2, 0.25) is 0 Å². The van der Waals surface area contributed by atoms with Gasteiger partial charge >= 0.3 is 0 Å². The quantitative estimate of drug-likeness (QED) is 0.768. The number of aliphatic hydroxyl groups excluding tert-OH is 1. The van der Waals surface area contributed by atoms with Crippen LogP contribution in [0.4, 0.5) is 0 Å². The molecular weight excluding hydrogens is 282 g/mol. The zero-order chi connectivity index (χ0) is 14.5. The molecule has 5 heteroatoms. The predicted octanol–water partition coefficient (Wildman–Crippen LogP) is 2.21. The Bertz CT molecular complexity index is 562. The summed E-state index contributed by atoms with van der Waals surface area (Å²) in [5, 5.41) is 14.6. The van der Waals surface area contributed by atoms with Crippen molar-refractivity contribution in [3.63, 3.8) is 0 Å². The molecule has 1 aliphatic carbocycles. The Kier molecular flexibility index (Phi) is 4.53. The topological polar surface area (TPSA) is 58.0 Å². The van der Waals surface area contributed by atoms with Gasteiger partial charge in [-0.1, -0.05) is 30.3 Å². The minimum Gasteiger partial charge on any atom is -0.394 e. The Labute approximate surface area is 129 Å². The Morgan fingerprint density at radius 3 is 2.67 bits per heavy atom. The van der Waals surface area contributed by atoms with Crippen molar-refractivity contribution < 1.29 is 5.11 Å². The lowest BCUT2D eigenvalue weighted by atomic mass is 9.92. The van der Waals surface area contributed by atoms with Crippen molar-refractivity contribution in [2.75, 3.05) is 12.4 Å². The Morgan fingerprint density at radius 2 is 2.05 bits per heavy atom. The second kappa shape index (κ2) is 6.56. The molecule has 0 bridgehead atoms. The van der Waals surface area contributed by atoms with Crippen LogP contribution in [0.25, 0.3) is 0 Å². The molecule has 0 saturated heterocycles. The highest BCUT2D eigenvalue weighted by molar-refractivity contribution is 7.99. The van der Waals surface area contributed by atoms with Crippen LogP contribution in [0.2, 0.25) is 0 Å². The second-order valence-corrected chi connectivity index (χ2v) is 6.35. The fourth-order valence-electron chi connectivity index (χ4n) is 2.32. The zero-order valence-corrected chi connectivity index (χ0v) is 12.6. The van der Waals surface area contributed by atoms with Crippen molar-refractivity contribution in [3.8, 4) is 0 Å². The van der Waals surface area contributed by atoms with E-state index in [9.17, 15) is 5.11 Å². The molecule has 3 rings (SSSR count). The van der Waals surface area contributed by atoms with Gasteiger partial charge in [-0.2, -0.15) is 0 Å². The van der Waals surface area contributed by atoms with Crippen molar-refractivity contribution >= 4 is 11.8 Å². The molecule has 1 atom stereocenters. The molecule has 1 aromatic carbocycles. The highest BCUT2D eigenvalue weighted by atomic mass is 32.2. The fraction of sp³-hybridized carbons (Fsp3) is 0.375. The van der Waals surface area contributed by atoms with E-state index in [1.807, 2.05) is 18.2 Å². The van der Waals surface area contributed by atoms with E-state index >= 15 is 0 Å². The van der Waals surface area contributed by atoms with Crippen LogP contribution in [0.3, 0.4) is 0 Å². The van der Waals surface area contributed by atoms with Gasteiger partial charge in [-0.15, -0.1) is 11.8 Å². The number of nitrogens with zero attached hydrogens (tertiary/aromatic N) is 2. The SMILES string of the molecule is OCC(CSc1cnccn1)(NC1CC1)c1ccccc1. The molecule has 0 amide bonds. The number of nitrogens with one attached hydrogen (secondary N) is 1. The van der Waals surface area contributed by atoms with Gasteiger partial charge in [0.05, 0.1) is 18.3 Å². The van der Waals surface area contributed by atoms with E-state index < -0.39 is 5.54 Å². The summed E-state index contributed by atoms with van der Waals surface area (Å²) in [4.78, 5) is 8.39. The number of aromatic nitrogens is 2. The summed E-state index contributed by atoms with van der Waals surface area (Å²) in [6, 6.07) is 10.7. The largest absolute Gasteiger partial charge is 0.394 e. The number of benzene rings is 1. The first-order valence-electron chi connectivity index (χ1n) is 7.15. The minimum absolute atomic E-state index is 0.0702. The van der Waals surface area contributed by atoms with Crippen molar-refractivity contribution in [3.05, 3.63) is 54.5 Å². The van der Waals surface area contributed by atoms with E-state index in [1.54, 1.807) is 30.4 Å². The van der Waals surface area contributed by atoms with Gasteiger partial charge in [0.25, 0.3) is 0 Å². The summed E-state index contributed by atoms with van der Waals surface area (Å²) in [5.41, 5.74) is 0.695. The van der Waals surface area contributed by atoms with Crippen LogP contribution < -0.4 is 5.32 Å². The highest BCUT2D eigenvalue weighted by Gasteiger charge is 2.37. The molecule has 4 nitrogen and oxygen atoms in total. The average molecular weight is 301 g/mol. The minimum atomic E-state index is -0.426. The number of rotatable bonds is 7. The maximum absolute atomic E-state index is 10.1. The molecule has 21 heavy (non-hydrogen) atoms. The third-order valence-corrected chi connectivity index (χ3v) is 4.80. The first-order valence-corrected chi connectivity index (χ1v) is 8.14. The van der Waals surface area contributed by atoms with E-state index in [4.69, 9.17) is 0 Å². The summed E-state index contributed by atoms with van der Waals surface area (Å²) in [7, 11) is 0. The zero-order valence-electron chi connectivity index (χ0n) is 11.8. The number of hydrogen-bond donors (Lipinski definition) is 2. The van der Waals surface area contributed by atoms with Gasteiger partial charge in [-0.3, -0.25) is 4.98 Å². The van der Waals surface area contributed by atoms with Crippen LogP contribution in [0.15, 0.2) is 53.9 Å². The Morgan fingerprint density at radius 1 is 1.24 bits per heavy atom. The third-order valence-electron chi connectivity index (χ3n) is 3.66. The maximum Gasteiger partial charge on any atom is 0.114 e. The van der Waals surface area contributed by atoms with Crippen LogP contribution >= 0.6 is 11.8 Å². The van der Waals surface area contributed by atoms with Crippen LogP contribution in [0.5, 0.6) is 0 Å². The van der Waals surface area contributed by atoms with Gasteiger partial charge in [-0.05, 0) is 18.4 Å². The van der Waals surface area contributed by atoms with Gasteiger partial charge in [-0.25, -0.2) is 4.98 Å². The molecule has 2 N–H and O–H groups in total. The smallest absolute Gasteiger partial charge is 0.114 e. The van der Waals surface area contributed by atoms with Gasteiger partial charge < -0.3 is 10.4 Å². The third kappa shape index (κ3) is 3.61. The predicted molar refractivity (Wildman–Crippen MR) is 84.1 cm³/mol. The molecule has 2 aromatic rings. The van der Waals surface area contributed by atoms with Crippen LogP contribution in [-0.2, 0) is 5.54 Å². The molecule has 0 spiro atoms. The average Bonchev–Trinajstić information content (AvgIpc) is 3.37. The van der Waals surface area contributed by atoms with E-state index in [-0.39, 0.29) is 6.61 Å². The lowest BCUT2D eigenvalue weighted by molar-refractivity contribution is 0.177. The number of hydrogen-bond acceptors (Lipinski definition) is 5. The van der Waals surface area contributed by atoms with E-state index in [0.717, 1.165) is 16.3 Å². The fourth-order valence-corrected chi connectivity index (χ4v) is 3.33. The monoisotopic (exact) mass is 301 g/mol. The molecule has 110 valence electrons. The van der Waals surface area contributed by atoms with Crippen LogP contribution in [-0.4, -0.2) is 33.5 Å². The summed E-state index contributed by atoms with van der Waals surface area (Å²) >= 11 is 1.62. The summed E-state index contributed by atoms with van der Waals surface area (Å²) < 4.78 is 0. The molecule has 1 fully saturated rings. The molecule has 0 radical (unpaired) electrons. The number of thioether (sulfide) groups is 1. The van der Waals surface area contributed by atoms with Crippen molar-refractivity contribution in [1.82, 2.24) is 15.3 Å². The second-order valence-electron chi connectivity index (χ2n) is 5.36. The first-order chi connectivity index (χ1) is 10.3. The van der Waals surface area contributed by atoms with Crippen molar-refractivity contribution in [2.45, 2.75) is 29.4 Å². The molecule has 1 heterocycles. The van der Waals surface area contributed by atoms with Gasteiger partial charge in [0.1, 0.15) is 5.03 Å². The molecule has 0 aliphatic heterocycles. The van der Waals surface area contributed by atoms with Crippen LogP contribution in [0, 0.1) is 0 Å². The van der Waals surface area contributed by atoms with Crippen molar-refractivity contribution in [1.29, 1.82) is 0 Å².